The molecule has 1 aliphatic heterocycles. The van der Waals surface area contributed by atoms with Crippen molar-refractivity contribution in [2.45, 2.75) is 38.5 Å². The van der Waals surface area contributed by atoms with Crippen molar-refractivity contribution in [1.29, 1.82) is 0 Å². The lowest BCUT2D eigenvalue weighted by Crippen LogP contribution is -2.29. The number of nitrogens with zero attached hydrogens (tertiary/aromatic N) is 2. The first-order valence-electron chi connectivity index (χ1n) is 6.93. The number of likely N-dealkylation sites (tertiary alicyclic amines) is 1. The van der Waals surface area contributed by atoms with Gasteiger partial charge in [0.25, 0.3) is 0 Å². The highest BCUT2D eigenvalue weighted by Crippen LogP contribution is 2.32. The van der Waals surface area contributed by atoms with Gasteiger partial charge in [-0.2, -0.15) is 5.10 Å². The van der Waals surface area contributed by atoms with Crippen molar-refractivity contribution in [3.63, 3.8) is 0 Å². The molecular formula is C14H20N4O. The number of rotatable bonds is 2. The van der Waals surface area contributed by atoms with E-state index in [1.54, 1.807) is 6.20 Å². The van der Waals surface area contributed by atoms with Crippen LogP contribution in [-0.2, 0) is 4.79 Å². The molecule has 1 amide bonds. The molecule has 0 radical (unpaired) electrons. The highest BCUT2D eigenvalue weighted by atomic mass is 16.2. The number of nitrogen functional groups attached to an aromatic ring is 1. The fourth-order valence-corrected chi connectivity index (χ4v) is 3.19. The molecule has 5 heteroatoms. The summed E-state index contributed by atoms with van der Waals surface area (Å²) in [5, 5.41) is 6.92. The predicted octanol–water partition coefficient (Wildman–Crippen LogP) is 1.81. The minimum atomic E-state index is 0.232. The number of carbonyl (C=O) groups excluding carboxylic acids is 1. The quantitative estimate of drug-likeness (QED) is 0.851. The van der Waals surface area contributed by atoms with Crippen molar-refractivity contribution in [3.05, 3.63) is 23.0 Å². The van der Waals surface area contributed by atoms with Crippen molar-refractivity contribution in [2.75, 3.05) is 18.8 Å². The van der Waals surface area contributed by atoms with E-state index in [1.807, 2.05) is 4.90 Å². The minimum absolute atomic E-state index is 0.232. The number of H-pyrrole nitrogens is 1. The Labute approximate surface area is 112 Å². The lowest BCUT2D eigenvalue weighted by molar-refractivity contribution is -0.126. The number of hydrogen-bond acceptors (Lipinski definition) is 3. The molecule has 3 N–H and O–H groups in total. The van der Waals surface area contributed by atoms with E-state index in [4.69, 9.17) is 5.73 Å². The van der Waals surface area contributed by atoms with Gasteiger partial charge in [0.15, 0.2) is 0 Å². The maximum absolute atomic E-state index is 12.5. The molecule has 0 bridgehead atoms. The second-order valence-electron chi connectivity index (χ2n) is 5.59. The Morgan fingerprint density at radius 3 is 3.00 bits per heavy atom. The van der Waals surface area contributed by atoms with E-state index in [9.17, 15) is 4.79 Å². The molecule has 19 heavy (non-hydrogen) atoms. The van der Waals surface area contributed by atoms with Crippen molar-refractivity contribution in [3.8, 4) is 0 Å². The maximum Gasteiger partial charge on any atom is 0.249 e. The first-order chi connectivity index (χ1) is 9.16. The van der Waals surface area contributed by atoms with E-state index in [1.165, 1.54) is 5.57 Å². The molecule has 0 aromatic carbocycles. The molecule has 2 heterocycles. The van der Waals surface area contributed by atoms with Crippen molar-refractivity contribution >= 4 is 11.6 Å². The van der Waals surface area contributed by atoms with Gasteiger partial charge in [0.05, 0.1) is 17.6 Å². The zero-order chi connectivity index (χ0) is 13.4. The topological polar surface area (TPSA) is 75.0 Å². The molecule has 1 aliphatic carbocycles. The van der Waals surface area contributed by atoms with Crippen LogP contribution in [0.3, 0.4) is 0 Å². The second kappa shape index (κ2) is 4.72. The molecule has 3 rings (SSSR count). The third-order valence-corrected chi connectivity index (χ3v) is 4.34. The smallest absolute Gasteiger partial charge is 0.249 e. The summed E-state index contributed by atoms with van der Waals surface area (Å²) in [7, 11) is 0. The number of carbonyl (C=O) groups is 1. The predicted molar refractivity (Wildman–Crippen MR) is 73.5 cm³/mol. The zero-order valence-electron chi connectivity index (χ0n) is 11.3. The number of hydrogen-bond donors (Lipinski definition) is 2. The molecule has 1 aromatic heterocycles. The fourth-order valence-electron chi connectivity index (χ4n) is 3.19. The van der Waals surface area contributed by atoms with Crippen molar-refractivity contribution in [2.24, 2.45) is 0 Å². The molecular weight excluding hydrogens is 240 g/mol. The molecule has 5 nitrogen and oxygen atoms in total. The summed E-state index contributed by atoms with van der Waals surface area (Å²) in [6, 6.07) is 0. The summed E-state index contributed by atoms with van der Waals surface area (Å²) in [6.07, 6.45) is 5.75. The average molecular weight is 260 g/mol. The molecule has 1 unspecified atom stereocenters. The number of nitrogens with one attached hydrogen (secondary N) is 1. The molecule has 1 atom stereocenters. The van der Waals surface area contributed by atoms with Crippen molar-refractivity contribution in [1.82, 2.24) is 15.1 Å². The van der Waals surface area contributed by atoms with Crippen LogP contribution in [0.1, 0.15) is 44.2 Å². The number of amides is 1. The van der Waals surface area contributed by atoms with E-state index in [0.717, 1.165) is 50.0 Å². The van der Waals surface area contributed by atoms with E-state index >= 15 is 0 Å². The summed E-state index contributed by atoms with van der Waals surface area (Å²) < 4.78 is 0. The zero-order valence-corrected chi connectivity index (χ0v) is 11.3. The van der Waals surface area contributed by atoms with Gasteiger partial charge >= 0.3 is 0 Å². The third kappa shape index (κ3) is 2.13. The van der Waals surface area contributed by atoms with Crippen LogP contribution in [-0.4, -0.2) is 34.1 Å². The monoisotopic (exact) mass is 260 g/mol. The molecule has 1 aromatic rings. The maximum atomic E-state index is 12.5. The van der Waals surface area contributed by atoms with Gasteiger partial charge in [-0.25, -0.2) is 0 Å². The summed E-state index contributed by atoms with van der Waals surface area (Å²) >= 11 is 0. The van der Waals surface area contributed by atoms with Crippen LogP contribution in [0.15, 0.2) is 17.3 Å². The summed E-state index contributed by atoms with van der Waals surface area (Å²) in [5.74, 6) is 0.532. The van der Waals surface area contributed by atoms with E-state index in [-0.39, 0.29) is 5.91 Å². The average Bonchev–Trinajstić information content (AvgIpc) is 3.08. The number of anilines is 1. The molecule has 0 spiro atoms. The van der Waals surface area contributed by atoms with Crippen LogP contribution in [0.2, 0.25) is 0 Å². The Kier molecular flexibility index (Phi) is 3.05. The highest BCUT2D eigenvalue weighted by molar-refractivity contribution is 5.94. The lowest BCUT2D eigenvalue weighted by atomic mass is 10.0. The summed E-state index contributed by atoms with van der Waals surface area (Å²) in [5.41, 5.74) is 9.88. The standard InChI is InChI=1S/C14H20N4O/c1-9-3-2-4-11(9)14(19)18-6-5-10(8-18)13-12(15)7-16-17-13/h7,10H,2-6,8,15H2,1H3,(H,16,17). The van der Waals surface area contributed by atoms with Crippen LogP contribution in [0.5, 0.6) is 0 Å². The van der Waals surface area contributed by atoms with Crippen LogP contribution in [0.25, 0.3) is 0 Å². The van der Waals surface area contributed by atoms with Gasteiger partial charge in [-0.15, -0.1) is 0 Å². The van der Waals surface area contributed by atoms with E-state index in [0.29, 0.717) is 11.6 Å². The van der Waals surface area contributed by atoms with Gasteiger partial charge < -0.3 is 10.6 Å². The normalized spacial score (nSPS) is 23.4. The number of nitrogens with two attached hydrogens (primary N) is 1. The van der Waals surface area contributed by atoms with Gasteiger partial charge in [-0.3, -0.25) is 9.89 Å². The van der Waals surface area contributed by atoms with Crippen LogP contribution in [0, 0.1) is 0 Å². The Hall–Kier alpha value is -1.78. The summed E-state index contributed by atoms with van der Waals surface area (Å²) in [4.78, 5) is 14.4. The second-order valence-corrected chi connectivity index (χ2v) is 5.59. The Morgan fingerprint density at radius 1 is 1.53 bits per heavy atom. The van der Waals surface area contributed by atoms with Gasteiger partial charge in [0.2, 0.25) is 5.91 Å². The lowest BCUT2D eigenvalue weighted by Gasteiger charge is -2.17. The SMILES string of the molecule is CC1=C(C(=O)N2CCC(c3[nH]ncc3N)C2)CCC1. The van der Waals surface area contributed by atoms with Gasteiger partial charge in [-0.05, 0) is 32.6 Å². The van der Waals surface area contributed by atoms with Crippen molar-refractivity contribution < 1.29 is 4.79 Å². The number of aromatic nitrogens is 2. The van der Waals surface area contributed by atoms with Gasteiger partial charge in [0.1, 0.15) is 0 Å². The van der Waals surface area contributed by atoms with Gasteiger partial charge in [0, 0.05) is 24.6 Å². The van der Waals surface area contributed by atoms with E-state index in [2.05, 4.69) is 17.1 Å². The third-order valence-electron chi connectivity index (χ3n) is 4.34. The van der Waals surface area contributed by atoms with Crippen LogP contribution < -0.4 is 5.73 Å². The van der Waals surface area contributed by atoms with Crippen LogP contribution in [0.4, 0.5) is 5.69 Å². The summed E-state index contributed by atoms with van der Waals surface area (Å²) in [6.45, 7) is 3.65. The van der Waals surface area contributed by atoms with E-state index < -0.39 is 0 Å². The minimum Gasteiger partial charge on any atom is -0.396 e. The largest absolute Gasteiger partial charge is 0.396 e. The molecule has 1 fully saturated rings. The Balaban J connectivity index is 1.71. The molecule has 1 saturated heterocycles. The molecule has 2 aliphatic rings. The Bertz CT molecular complexity index is 531. The fraction of sp³-hybridized carbons (Fsp3) is 0.571. The molecule has 0 saturated carbocycles. The first-order valence-corrected chi connectivity index (χ1v) is 6.93. The van der Waals surface area contributed by atoms with Gasteiger partial charge in [-0.1, -0.05) is 5.57 Å². The first kappa shape index (κ1) is 12.3. The Morgan fingerprint density at radius 2 is 2.37 bits per heavy atom. The van der Waals surface area contributed by atoms with Crippen LogP contribution >= 0.6 is 0 Å². The highest BCUT2D eigenvalue weighted by Gasteiger charge is 2.32. The number of allylic oxidation sites excluding steroid dienone is 1. The molecule has 102 valence electrons. The number of aromatic amines is 1.